The highest BCUT2D eigenvalue weighted by Crippen LogP contribution is 2.34. The van der Waals surface area contributed by atoms with Crippen molar-refractivity contribution in [3.8, 4) is 5.75 Å². The van der Waals surface area contributed by atoms with Crippen LogP contribution in [0.1, 0.15) is 36.1 Å². The third-order valence-electron chi connectivity index (χ3n) is 6.67. The molecule has 3 aromatic rings. The van der Waals surface area contributed by atoms with Crippen molar-refractivity contribution in [3.05, 3.63) is 95.8 Å². The number of nitrogens with zero attached hydrogens (tertiary/aromatic N) is 3. The molecule has 2 fully saturated rings. The molecule has 34 heavy (non-hydrogen) atoms. The Morgan fingerprint density at radius 1 is 0.912 bits per heavy atom. The Hall–Kier alpha value is -3.38. The lowest BCUT2D eigenvalue weighted by Crippen LogP contribution is -2.35. The first-order valence-corrected chi connectivity index (χ1v) is 12.0. The van der Waals surface area contributed by atoms with E-state index < -0.39 is 0 Å². The van der Waals surface area contributed by atoms with Gasteiger partial charge in [0.2, 0.25) is 0 Å². The summed E-state index contributed by atoms with van der Waals surface area (Å²) in [7, 11) is 0. The SMILES string of the molecule is O=C1O[C@@]2(CCCN(Cc3cccc(OCc4ccccn4)c3)CC2)CN1Cc1ccccc1. The Morgan fingerprint density at radius 2 is 1.76 bits per heavy atom. The lowest BCUT2D eigenvalue weighted by molar-refractivity contribution is 0.0443. The molecule has 6 nitrogen and oxygen atoms in total. The number of likely N-dealkylation sites (tertiary alicyclic amines) is 1. The molecule has 0 bridgehead atoms. The molecule has 2 aliphatic rings. The summed E-state index contributed by atoms with van der Waals surface area (Å²) < 4.78 is 11.9. The van der Waals surface area contributed by atoms with Crippen molar-refractivity contribution in [2.45, 2.75) is 44.6 Å². The number of hydrogen-bond acceptors (Lipinski definition) is 5. The molecule has 0 aliphatic carbocycles. The average Bonchev–Trinajstić information content (AvgIpc) is 3.04. The van der Waals surface area contributed by atoms with E-state index in [0.717, 1.165) is 55.9 Å². The van der Waals surface area contributed by atoms with Gasteiger partial charge in [0.25, 0.3) is 0 Å². The van der Waals surface area contributed by atoms with E-state index in [-0.39, 0.29) is 11.7 Å². The van der Waals surface area contributed by atoms with Gasteiger partial charge < -0.3 is 9.47 Å². The second-order valence-electron chi connectivity index (χ2n) is 9.28. The number of benzene rings is 2. The molecule has 1 spiro atoms. The molecular weight excluding hydrogens is 426 g/mol. The molecule has 5 rings (SSSR count). The van der Waals surface area contributed by atoms with Gasteiger partial charge in [-0.2, -0.15) is 0 Å². The molecule has 1 atom stereocenters. The van der Waals surface area contributed by atoms with Crippen molar-refractivity contribution in [2.24, 2.45) is 0 Å². The van der Waals surface area contributed by atoms with Gasteiger partial charge in [-0.1, -0.05) is 48.5 Å². The Kier molecular flexibility index (Phi) is 6.77. The topological polar surface area (TPSA) is 54.9 Å². The van der Waals surface area contributed by atoms with Crippen LogP contribution in [-0.4, -0.2) is 46.1 Å². The Bertz CT molecular complexity index is 1090. The zero-order valence-electron chi connectivity index (χ0n) is 19.4. The van der Waals surface area contributed by atoms with Crippen molar-refractivity contribution >= 4 is 6.09 Å². The summed E-state index contributed by atoms with van der Waals surface area (Å²) >= 11 is 0. The van der Waals surface area contributed by atoms with Crippen LogP contribution in [0.3, 0.4) is 0 Å². The van der Waals surface area contributed by atoms with Crippen LogP contribution < -0.4 is 4.74 Å². The van der Waals surface area contributed by atoms with Gasteiger partial charge in [-0.15, -0.1) is 0 Å². The average molecular weight is 458 g/mol. The Labute approximate surface area is 201 Å². The maximum atomic E-state index is 12.6. The van der Waals surface area contributed by atoms with E-state index in [1.165, 1.54) is 5.56 Å². The summed E-state index contributed by atoms with van der Waals surface area (Å²) in [6.45, 7) is 4.50. The number of hydrogen-bond donors (Lipinski definition) is 0. The van der Waals surface area contributed by atoms with Crippen molar-refractivity contribution < 1.29 is 14.3 Å². The van der Waals surface area contributed by atoms with Crippen LogP contribution in [0.25, 0.3) is 0 Å². The quantitative estimate of drug-likeness (QED) is 0.498. The molecule has 1 aromatic heterocycles. The standard InChI is InChI=1S/C28H31N3O3/c32-27-31(20-23-8-2-1-3-9-23)22-28(34-27)13-7-16-30(17-14-28)19-24-10-6-12-26(18-24)33-21-25-11-4-5-15-29-25/h1-6,8-12,15,18H,7,13-14,16-17,19-22H2/t28-/m1/s1. The molecule has 6 heteroatoms. The molecule has 0 N–H and O–H groups in total. The van der Waals surface area contributed by atoms with Gasteiger partial charge >= 0.3 is 6.09 Å². The van der Waals surface area contributed by atoms with Gasteiger partial charge in [-0.05, 0) is 54.8 Å². The van der Waals surface area contributed by atoms with Crippen LogP contribution in [0.2, 0.25) is 0 Å². The number of rotatable bonds is 7. The minimum absolute atomic E-state index is 0.185. The first-order valence-electron chi connectivity index (χ1n) is 12.0. The zero-order valence-corrected chi connectivity index (χ0v) is 19.4. The van der Waals surface area contributed by atoms with Crippen LogP contribution in [0.15, 0.2) is 79.0 Å². The van der Waals surface area contributed by atoms with Crippen LogP contribution in [0, 0.1) is 0 Å². The van der Waals surface area contributed by atoms with Gasteiger partial charge in [-0.25, -0.2) is 4.79 Å². The smallest absolute Gasteiger partial charge is 0.410 e. The number of pyridine rings is 1. The van der Waals surface area contributed by atoms with Crippen LogP contribution in [0.5, 0.6) is 5.75 Å². The number of carbonyl (C=O) groups is 1. The molecule has 3 heterocycles. The fraction of sp³-hybridized carbons (Fsp3) is 0.357. The van der Waals surface area contributed by atoms with E-state index >= 15 is 0 Å². The molecule has 2 saturated heterocycles. The van der Waals surface area contributed by atoms with Gasteiger partial charge in [0.15, 0.2) is 0 Å². The van der Waals surface area contributed by atoms with E-state index in [9.17, 15) is 4.79 Å². The highest BCUT2D eigenvalue weighted by molar-refractivity contribution is 5.70. The van der Waals surface area contributed by atoms with Crippen LogP contribution in [-0.2, 0) is 24.4 Å². The van der Waals surface area contributed by atoms with Gasteiger partial charge in [-0.3, -0.25) is 14.8 Å². The summed E-state index contributed by atoms with van der Waals surface area (Å²) in [5.41, 5.74) is 2.91. The molecule has 176 valence electrons. The first kappa shape index (κ1) is 22.4. The Balaban J connectivity index is 1.16. The van der Waals surface area contributed by atoms with E-state index in [4.69, 9.17) is 9.47 Å². The monoisotopic (exact) mass is 457 g/mol. The summed E-state index contributed by atoms with van der Waals surface area (Å²) in [5.74, 6) is 0.857. The fourth-order valence-electron chi connectivity index (χ4n) is 4.89. The van der Waals surface area contributed by atoms with Crippen LogP contribution >= 0.6 is 0 Å². The minimum atomic E-state index is -0.367. The van der Waals surface area contributed by atoms with Crippen molar-refractivity contribution in [3.63, 3.8) is 0 Å². The lowest BCUT2D eigenvalue weighted by Gasteiger charge is -2.25. The highest BCUT2D eigenvalue weighted by atomic mass is 16.6. The van der Waals surface area contributed by atoms with Gasteiger partial charge in [0.1, 0.15) is 18.0 Å². The zero-order chi connectivity index (χ0) is 23.2. The predicted octanol–water partition coefficient (Wildman–Crippen LogP) is 5.04. The van der Waals surface area contributed by atoms with Crippen molar-refractivity contribution in [1.29, 1.82) is 0 Å². The second-order valence-corrected chi connectivity index (χ2v) is 9.28. The predicted molar refractivity (Wildman–Crippen MR) is 130 cm³/mol. The van der Waals surface area contributed by atoms with Crippen molar-refractivity contribution in [1.82, 2.24) is 14.8 Å². The van der Waals surface area contributed by atoms with E-state index in [1.807, 2.05) is 53.4 Å². The number of carbonyl (C=O) groups excluding carboxylic acids is 1. The lowest BCUT2D eigenvalue weighted by atomic mass is 9.95. The van der Waals surface area contributed by atoms with E-state index in [2.05, 4.69) is 34.1 Å². The fourth-order valence-corrected chi connectivity index (χ4v) is 4.89. The molecular formula is C28H31N3O3. The van der Waals surface area contributed by atoms with Crippen LogP contribution in [0.4, 0.5) is 4.79 Å². The van der Waals surface area contributed by atoms with Crippen molar-refractivity contribution in [2.75, 3.05) is 19.6 Å². The Morgan fingerprint density at radius 3 is 2.62 bits per heavy atom. The summed E-state index contributed by atoms with van der Waals surface area (Å²) in [6.07, 6.45) is 4.38. The maximum Gasteiger partial charge on any atom is 0.410 e. The number of amides is 1. The number of aromatic nitrogens is 1. The van der Waals surface area contributed by atoms with Gasteiger partial charge in [0.05, 0.1) is 12.2 Å². The summed E-state index contributed by atoms with van der Waals surface area (Å²) in [6, 6.07) is 24.3. The van der Waals surface area contributed by atoms with E-state index in [0.29, 0.717) is 19.7 Å². The third-order valence-corrected chi connectivity index (χ3v) is 6.67. The summed E-state index contributed by atoms with van der Waals surface area (Å²) in [5, 5.41) is 0. The molecule has 2 aromatic carbocycles. The molecule has 0 unspecified atom stereocenters. The normalized spacial score (nSPS) is 20.8. The number of ether oxygens (including phenoxy) is 2. The van der Waals surface area contributed by atoms with Gasteiger partial charge in [0, 0.05) is 32.3 Å². The largest absolute Gasteiger partial charge is 0.487 e. The maximum absolute atomic E-state index is 12.6. The molecule has 0 radical (unpaired) electrons. The third kappa shape index (κ3) is 5.57. The van der Waals surface area contributed by atoms with E-state index in [1.54, 1.807) is 6.20 Å². The summed E-state index contributed by atoms with van der Waals surface area (Å²) in [4.78, 5) is 21.2. The molecule has 2 aliphatic heterocycles. The molecule has 1 amide bonds. The second kappa shape index (κ2) is 10.3. The first-order chi connectivity index (χ1) is 16.7. The minimum Gasteiger partial charge on any atom is -0.487 e. The highest BCUT2D eigenvalue weighted by Gasteiger charge is 2.45. The molecule has 0 saturated carbocycles.